The molecule has 4 heteroatoms. The van der Waals surface area contributed by atoms with Crippen LogP contribution in [-0.2, 0) is 7.05 Å². The number of hydrogen-bond donors (Lipinski definition) is 2. The normalized spacial score (nSPS) is 9.25. The second-order valence-corrected chi connectivity index (χ2v) is 1.51. The molecule has 1 heterocycles. The van der Waals surface area contributed by atoms with Crippen LogP contribution in [0.5, 0.6) is 0 Å². The summed E-state index contributed by atoms with van der Waals surface area (Å²) < 4.78 is 1.79. The third kappa shape index (κ3) is 0.651. The van der Waals surface area contributed by atoms with Crippen LogP contribution in [-0.4, -0.2) is 9.55 Å². The Morgan fingerprint density at radius 1 is 1.88 bits per heavy atom. The number of hydrazine groups is 1. The van der Waals surface area contributed by atoms with Crippen LogP contribution >= 0.6 is 0 Å². The molecule has 0 bridgehead atoms. The van der Waals surface area contributed by atoms with E-state index in [1.54, 1.807) is 10.8 Å². The summed E-state index contributed by atoms with van der Waals surface area (Å²) >= 11 is 0. The van der Waals surface area contributed by atoms with Crippen LogP contribution in [0.2, 0.25) is 0 Å². The average molecular weight is 112 g/mol. The Kier molecular flexibility index (Phi) is 1.17. The third-order valence-electron chi connectivity index (χ3n) is 0.950. The highest BCUT2D eigenvalue weighted by Crippen LogP contribution is 1.95. The first-order valence-corrected chi connectivity index (χ1v) is 2.28. The van der Waals surface area contributed by atoms with Gasteiger partial charge in [-0.1, -0.05) is 0 Å². The maximum absolute atomic E-state index is 5.06. The zero-order chi connectivity index (χ0) is 5.98. The maximum atomic E-state index is 5.06. The van der Waals surface area contributed by atoms with Gasteiger partial charge in [0.1, 0.15) is 0 Å². The molecule has 0 fully saturated rings. The topological polar surface area (TPSA) is 55.9 Å². The lowest BCUT2D eigenvalue weighted by atomic mass is 10.9. The number of hydrogen-bond acceptors (Lipinski definition) is 3. The van der Waals surface area contributed by atoms with Crippen molar-refractivity contribution in [2.45, 2.75) is 0 Å². The summed E-state index contributed by atoms with van der Waals surface area (Å²) in [4.78, 5) is 3.86. The fourth-order valence-electron chi connectivity index (χ4n) is 0.505. The van der Waals surface area contributed by atoms with Crippen molar-refractivity contribution in [2.75, 3.05) is 5.43 Å². The summed E-state index contributed by atoms with van der Waals surface area (Å²) in [5.74, 6) is 5.73. The Morgan fingerprint density at radius 3 is 2.88 bits per heavy atom. The molecule has 0 radical (unpaired) electrons. The zero-order valence-electron chi connectivity index (χ0n) is 4.63. The highest BCUT2D eigenvalue weighted by Gasteiger charge is 1.89. The predicted molar refractivity (Wildman–Crippen MR) is 31.0 cm³/mol. The molecule has 0 amide bonds. The second-order valence-electron chi connectivity index (χ2n) is 1.51. The van der Waals surface area contributed by atoms with Crippen molar-refractivity contribution >= 4 is 5.95 Å². The van der Waals surface area contributed by atoms with E-state index in [1.807, 2.05) is 13.2 Å². The molecule has 0 aliphatic carbocycles. The number of aryl methyl sites for hydroxylation is 1. The first-order chi connectivity index (χ1) is 3.84. The van der Waals surface area contributed by atoms with Crippen LogP contribution in [0.3, 0.4) is 0 Å². The molecular formula is C4H8N4. The van der Waals surface area contributed by atoms with Crippen molar-refractivity contribution in [3.05, 3.63) is 12.4 Å². The minimum atomic E-state index is 0.671. The zero-order valence-corrected chi connectivity index (χ0v) is 4.63. The Labute approximate surface area is 47.3 Å². The van der Waals surface area contributed by atoms with Gasteiger partial charge in [0.15, 0.2) is 0 Å². The predicted octanol–water partition coefficient (Wildman–Crippen LogP) is -0.294. The van der Waals surface area contributed by atoms with Gasteiger partial charge < -0.3 is 4.57 Å². The second kappa shape index (κ2) is 1.83. The number of imidazole rings is 1. The number of rotatable bonds is 1. The van der Waals surface area contributed by atoms with Gasteiger partial charge in [0.05, 0.1) is 0 Å². The molecule has 1 rings (SSSR count). The molecule has 4 nitrogen and oxygen atoms in total. The molecule has 0 atom stereocenters. The molecule has 0 saturated heterocycles. The lowest BCUT2D eigenvalue weighted by molar-refractivity contribution is 0.911. The summed E-state index contributed by atoms with van der Waals surface area (Å²) in [6.07, 6.45) is 3.49. The van der Waals surface area contributed by atoms with Crippen LogP contribution < -0.4 is 11.3 Å². The number of aromatic nitrogens is 2. The van der Waals surface area contributed by atoms with E-state index in [9.17, 15) is 0 Å². The van der Waals surface area contributed by atoms with Crippen molar-refractivity contribution < 1.29 is 0 Å². The summed E-state index contributed by atoms with van der Waals surface area (Å²) in [6, 6.07) is 0. The van der Waals surface area contributed by atoms with E-state index in [1.165, 1.54) is 0 Å². The quantitative estimate of drug-likeness (QED) is 0.387. The molecule has 0 aliphatic heterocycles. The molecule has 0 aliphatic rings. The van der Waals surface area contributed by atoms with Gasteiger partial charge in [0, 0.05) is 19.4 Å². The molecule has 1 aromatic heterocycles. The highest BCUT2D eigenvalue weighted by molar-refractivity contribution is 5.21. The Balaban J connectivity index is 2.92. The summed E-state index contributed by atoms with van der Waals surface area (Å²) in [5.41, 5.74) is 2.43. The molecular weight excluding hydrogens is 104 g/mol. The lowest BCUT2D eigenvalue weighted by Crippen LogP contribution is -2.10. The van der Waals surface area contributed by atoms with Crippen LogP contribution in [0.25, 0.3) is 0 Å². The van der Waals surface area contributed by atoms with Crippen molar-refractivity contribution in [2.24, 2.45) is 12.9 Å². The van der Waals surface area contributed by atoms with Crippen molar-refractivity contribution in [3.8, 4) is 0 Å². The largest absolute Gasteiger partial charge is 0.320 e. The van der Waals surface area contributed by atoms with Gasteiger partial charge in [0.2, 0.25) is 5.95 Å². The van der Waals surface area contributed by atoms with E-state index in [0.29, 0.717) is 5.95 Å². The minimum Gasteiger partial charge on any atom is -0.320 e. The Bertz CT molecular complexity index is 168. The Morgan fingerprint density at radius 2 is 2.62 bits per heavy atom. The molecule has 3 N–H and O–H groups in total. The van der Waals surface area contributed by atoms with E-state index in [2.05, 4.69) is 10.4 Å². The fraction of sp³-hybridized carbons (Fsp3) is 0.250. The number of nitrogens with one attached hydrogen (secondary N) is 1. The van der Waals surface area contributed by atoms with Crippen molar-refractivity contribution in [1.29, 1.82) is 0 Å². The number of nitrogens with two attached hydrogens (primary N) is 1. The lowest BCUT2D eigenvalue weighted by Gasteiger charge is -1.95. The van der Waals surface area contributed by atoms with Crippen LogP contribution in [0, 0.1) is 0 Å². The summed E-state index contributed by atoms with van der Waals surface area (Å²) in [6.45, 7) is 0. The van der Waals surface area contributed by atoms with E-state index in [4.69, 9.17) is 5.84 Å². The Hall–Kier alpha value is -1.03. The van der Waals surface area contributed by atoms with Gasteiger partial charge >= 0.3 is 0 Å². The van der Waals surface area contributed by atoms with Crippen molar-refractivity contribution in [3.63, 3.8) is 0 Å². The molecule has 0 spiro atoms. The van der Waals surface area contributed by atoms with E-state index in [-0.39, 0.29) is 0 Å². The van der Waals surface area contributed by atoms with Gasteiger partial charge in [-0.2, -0.15) is 0 Å². The molecule has 8 heavy (non-hydrogen) atoms. The van der Waals surface area contributed by atoms with Gasteiger partial charge in [-0.15, -0.1) is 0 Å². The first kappa shape index (κ1) is 5.11. The van der Waals surface area contributed by atoms with E-state index < -0.39 is 0 Å². The van der Waals surface area contributed by atoms with Crippen LogP contribution in [0.1, 0.15) is 0 Å². The summed E-state index contributed by atoms with van der Waals surface area (Å²) in [5, 5.41) is 0. The van der Waals surface area contributed by atoms with Gasteiger partial charge in [-0.05, 0) is 0 Å². The maximum Gasteiger partial charge on any atom is 0.216 e. The number of anilines is 1. The molecule has 0 aromatic carbocycles. The van der Waals surface area contributed by atoms with Crippen LogP contribution in [0.4, 0.5) is 5.95 Å². The minimum absolute atomic E-state index is 0.671. The highest BCUT2D eigenvalue weighted by atomic mass is 15.3. The standard InChI is InChI=1S/C4H8N4/c1-8-3-2-6-4(8)7-5/h2-3H,5H2,1H3,(H,6,7). The molecule has 0 unspecified atom stereocenters. The first-order valence-electron chi connectivity index (χ1n) is 2.28. The molecule has 44 valence electrons. The number of nitrogen functional groups attached to an aromatic ring is 1. The van der Waals surface area contributed by atoms with E-state index >= 15 is 0 Å². The van der Waals surface area contributed by atoms with Crippen molar-refractivity contribution in [1.82, 2.24) is 9.55 Å². The van der Waals surface area contributed by atoms with Gasteiger partial charge in [0.25, 0.3) is 0 Å². The monoisotopic (exact) mass is 112 g/mol. The van der Waals surface area contributed by atoms with Gasteiger partial charge in [-0.3, -0.25) is 5.43 Å². The summed E-state index contributed by atoms with van der Waals surface area (Å²) in [7, 11) is 1.86. The molecule has 0 saturated carbocycles. The SMILES string of the molecule is Cn1ccnc1NN. The van der Waals surface area contributed by atoms with E-state index in [0.717, 1.165) is 0 Å². The average Bonchev–Trinajstić information content (AvgIpc) is 2.14. The smallest absolute Gasteiger partial charge is 0.216 e. The van der Waals surface area contributed by atoms with Crippen LogP contribution in [0.15, 0.2) is 12.4 Å². The molecule has 1 aromatic rings. The third-order valence-corrected chi connectivity index (χ3v) is 0.950. The van der Waals surface area contributed by atoms with Gasteiger partial charge in [-0.25, -0.2) is 10.8 Å². The fourth-order valence-corrected chi connectivity index (χ4v) is 0.505. The number of nitrogens with zero attached hydrogens (tertiary/aromatic N) is 2.